The first-order valence-corrected chi connectivity index (χ1v) is 6.71. The summed E-state index contributed by atoms with van der Waals surface area (Å²) in [6.07, 6.45) is 5.85. The standard InChI is InChI=1S/C14H29N/c1-11(2)14-8-6-13(7-9-14)10-15(5)12(3)4/h11-14H,6-10H2,1-5H3/t13-,14+. The van der Waals surface area contributed by atoms with Gasteiger partial charge in [-0.3, -0.25) is 0 Å². The van der Waals surface area contributed by atoms with E-state index < -0.39 is 0 Å². The average molecular weight is 211 g/mol. The van der Waals surface area contributed by atoms with Gasteiger partial charge in [0.15, 0.2) is 0 Å². The molecule has 0 unspecified atom stereocenters. The largest absolute Gasteiger partial charge is 0.304 e. The van der Waals surface area contributed by atoms with Gasteiger partial charge in [-0.15, -0.1) is 0 Å². The van der Waals surface area contributed by atoms with E-state index in [-0.39, 0.29) is 0 Å². The molecule has 0 saturated heterocycles. The van der Waals surface area contributed by atoms with Crippen molar-refractivity contribution in [2.45, 2.75) is 59.4 Å². The molecule has 1 rings (SSSR count). The molecule has 0 spiro atoms. The topological polar surface area (TPSA) is 3.24 Å². The predicted molar refractivity (Wildman–Crippen MR) is 68.1 cm³/mol. The summed E-state index contributed by atoms with van der Waals surface area (Å²) in [5.74, 6) is 2.87. The predicted octanol–water partition coefficient (Wildman–Crippen LogP) is 3.79. The Morgan fingerprint density at radius 3 is 1.93 bits per heavy atom. The molecule has 0 aromatic heterocycles. The summed E-state index contributed by atoms with van der Waals surface area (Å²) in [7, 11) is 2.26. The van der Waals surface area contributed by atoms with Gasteiger partial charge in [0.25, 0.3) is 0 Å². The molecule has 0 aromatic rings. The van der Waals surface area contributed by atoms with Crippen LogP contribution in [0.4, 0.5) is 0 Å². The lowest BCUT2D eigenvalue weighted by atomic mass is 9.77. The summed E-state index contributed by atoms with van der Waals surface area (Å²) in [5.41, 5.74) is 0. The summed E-state index contributed by atoms with van der Waals surface area (Å²) in [5, 5.41) is 0. The van der Waals surface area contributed by atoms with Crippen molar-refractivity contribution in [3.05, 3.63) is 0 Å². The monoisotopic (exact) mass is 211 g/mol. The molecule has 0 heterocycles. The normalized spacial score (nSPS) is 28.0. The van der Waals surface area contributed by atoms with E-state index in [1.165, 1.54) is 32.2 Å². The minimum absolute atomic E-state index is 0.702. The molecule has 0 bridgehead atoms. The Labute approximate surface area is 96.2 Å². The van der Waals surface area contributed by atoms with E-state index in [0.717, 1.165) is 17.8 Å². The number of hydrogen-bond donors (Lipinski definition) is 0. The molecule has 0 aromatic carbocycles. The fraction of sp³-hybridized carbons (Fsp3) is 1.00. The van der Waals surface area contributed by atoms with Gasteiger partial charge >= 0.3 is 0 Å². The van der Waals surface area contributed by atoms with Crippen molar-refractivity contribution in [2.24, 2.45) is 17.8 Å². The molecule has 1 nitrogen and oxygen atoms in total. The smallest absolute Gasteiger partial charge is 0.00356 e. The first-order valence-electron chi connectivity index (χ1n) is 6.71. The van der Waals surface area contributed by atoms with Crippen molar-refractivity contribution in [3.63, 3.8) is 0 Å². The third kappa shape index (κ3) is 4.14. The summed E-state index contributed by atoms with van der Waals surface area (Å²) in [6, 6.07) is 0.702. The van der Waals surface area contributed by atoms with Crippen LogP contribution < -0.4 is 0 Å². The second-order valence-corrected chi connectivity index (χ2v) is 6.06. The Morgan fingerprint density at radius 2 is 1.53 bits per heavy atom. The van der Waals surface area contributed by atoms with Gasteiger partial charge in [-0.1, -0.05) is 13.8 Å². The van der Waals surface area contributed by atoms with Gasteiger partial charge in [0.1, 0.15) is 0 Å². The zero-order valence-corrected chi connectivity index (χ0v) is 11.3. The lowest BCUT2D eigenvalue weighted by Crippen LogP contribution is -2.33. The summed E-state index contributed by atoms with van der Waals surface area (Å²) < 4.78 is 0. The molecule has 1 fully saturated rings. The molecule has 0 N–H and O–H groups in total. The van der Waals surface area contributed by atoms with Crippen molar-refractivity contribution in [1.29, 1.82) is 0 Å². The lowest BCUT2D eigenvalue weighted by molar-refractivity contribution is 0.162. The van der Waals surface area contributed by atoms with E-state index in [0.29, 0.717) is 6.04 Å². The number of nitrogens with zero attached hydrogens (tertiary/aromatic N) is 1. The maximum atomic E-state index is 2.50. The van der Waals surface area contributed by atoms with Crippen LogP contribution in [0.3, 0.4) is 0 Å². The van der Waals surface area contributed by atoms with Gasteiger partial charge in [-0.2, -0.15) is 0 Å². The lowest BCUT2D eigenvalue weighted by Gasteiger charge is -2.34. The minimum atomic E-state index is 0.702. The van der Waals surface area contributed by atoms with Crippen molar-refractivity contribution in [3.8, 4) is 0 Å². The molecule has 0 radical (unpaired) electrons. The van der Waals surface area contributed by atoms with E-state index in [4.69, 9.17) is 0 Å². The molecule has 90 valence electrons. The number of rotatable bonds is 4. The van der Waals surface area contributed by atoms with Crippen LogP contribution in [0.2, 0.25) is 0 Å². The van der Waals surface area contributed by atoms with Gasteiger partial charge in [0, 0.05) is 12.6 Å². The van der Waals surface area contributed by atoms with Crippen molar-refractivity contribution in [1.82, 2.24) is 4.90 Å². The van der Waals surface area contributed by atoms with Crippen LogP contribution in [0.5, 0.6) is 0 Å². The molecule has 0 aliphatic heterocycles. The Morgan fingerprint density at radius 1 is 1.00 bits per heavy atom. The van der Waals surface area contributed by atoms with Crippen LogP contribution in [-0.2, 0) is 0 Å². The maximum absolute atomic E-state index is 2.50. The summed E-state index contributed by atoms with van der Waals surface area (Å²) >= 11 is 0. The zero-order chi connectivity index (χ0) is 11.4. The van der Waals surface area contributed by atoms with Crippen molar-refractivity contribution >= 4 is 0 Å². The quantitative estimate of drug-likeness (QED) is 0.684. The second-order valence-electron chi connectivity index (χ2n) is 6.06. The van der Waals surface area contributed by atoms with Crippen LogP contribution in [-0.4, -0.2) is 24.5 Å². The molecule has 1 aliphatic rings. The van der Waals surface area contributed by atoms with Gasteiger partial charge < -0.3 is 4.90 Å². The Balaban J connectivity index is 2.25. The second kappa shape index (κ2) is 5.89. The Hall–Kier alpha value is -0.0400. The van der Waals surface area contributed by atoms with Crippen molar-refractivity contribution in [2.75, 3.05) is 13.6 Å². The first-order chi connectivity index (χ1) is 7.00. The van der Waals surface area contributed by atoms with Gasteiger partial charge in [-0.05, 0) is 64.3 Å². The van der Waals surface area contributed by atoms with Crippen LogP contribution in [0.1, 0.15) is 53.4 Å². The van der Waals surface area contributed by atoms with E-state index in [9.17, 15) is 0 Å². The Bertz CT molecular complexity index is 166. The highest BCUT2D eigenvalue weighted by Gasteiger charge is 2.24. The molecule has 1 aliphatic carbocycles. The van der Waals surface area contributed by atoms with E-state index >= 15 is 0 Å². The molecule has 1 heteroatoms. The van der Waals surface area contributed by atoms with Crippen molar-refractivity contribution < 1.29 is 0 Å². The summed E-state index contributed by atoms with van der Waals surface area (Å²) in [6.45, 7) is 10.7. The maximum Gasteiger partial charge on any atom is 0.00356 e. The SMILES string of the molecule is CC(C)N(C)C[C@H]1CC[C@@H](C(C)C)CC1. The highest BCUT2D eigenvalue weighted by atomic mass is 15.1. The summed E-state index contributed by atoms with van der Waals surface area (Å²) in [4.78, 5) is 2.50. The molecular weight excluding hydrogens is 182 g/mol. The number of hydrogen-bond acceptors (Lipinski definition) is 1. The van der Waals surface area contributed by atoms with Crippen LogP contribution in [0.15, 0.2) is 0 Å². The third-order valence-electron chi connectivity index (χ3n) is 4.26. The van der Waals surface area contributed by atoms with Gasteiger partial charge in [0.2, 0.25) is 0 Å². The highest BCUT2D eigenvalue weighted by Crippen LogP contribution is 2.33. The minimum Gasteiger partial charge on any atom is -0.304 e. The van der Waals surface area contributed by atoms with E-state index in [2.05, 4.69) is 39.6 Å². The molecule has 0 amide bonds. The zero-order valence-electron chi connectivity index (χ0n) is 11.3. The highest BCUT2D eigenvalue weighted by molar-refractivity contribution is 4.76. The Kier molecular flexibility index (Phi) is 5.11. The van der Waals surface area contributed by atoms with E-state index in [1.807, 2.05) is 0 Å². The molecule has 15 heavy (non-hydrogen) atoms. The van der Waals surface area contributed by atoms with E-state index in [1.54, 1.807) is 0 Å². The van der Waals surface area contributed by atoms with Crippen LogP contribution >= 0.6 is 0 Å². The fourth-order valence-corrected chi connectivity index (χ4v) is 2.66. The molecular formula is C14H29N. The average Bonchev–Trinajstić information content (AvgIpc) is 2.18. The van der Waals surface area contributed by atoms with Gasteiger partial charge in [0.05, 0.1) is 0 Å². The van der Waals surface area contributed by atoms with Gasteiger partial charge in [-0.25, -0.2) is 0 Å². The first kappa shape index (κ1) is 13.0. The fourth-order valence-electron chi connectivity index (χ4n) is 2.66. The van der Waals surface area contributed by atoms with Crippen LogP contribution in [0, 0.1) is 17.8 Å². The van der Waals surface area contributed by atoms with Crippen LogP contribution in [0.25, 0.3) is 0 Å². The molecule has 0 atom stereocenters. The third-order valence-corrected chi connectivity index (χ3v) is 4.26. The molecule has 1 saturated carbocycles.